The van der Waals surface area contributed by atoms with Gasteiger partial charge >= 0.3 is 12.2 Å². The molecule has 2 rings (SSSR count). The summed E-state index contributed by atoms with van der Waals surface area (Å²) in [5.41, 5.74) is 5.83. The molecule has 0 fully saturated rings. The lowest BCUT2D eigenvalue weighted by Crippen LogP contribution is -2.24. The molecular weight excluding hydrogens is 359 g/mol. The highest BCUT2D eigenvalue weighted by Gasteiger charge is 2.30. The number of hydrogen-bond donors (Lipinski definition) is 3. The zero-order chi connectivity index (χ0) is 20.0. The van der Waals surface area contributed by atoms with Gasteiger partial charge in [0.1, 0.15) is 0 Å². The van der Waals surface area contributed by atoms with Crippen molar-refractivity contribution in [3.8, 4) is 0 Å². The first-order valence-electron chi connectivity index (χ1n) is 7.97. The van der Waals surface area contributed by atoms with E-state index in [1.807, 2.05) is 0 Å². The Morgan fingerprint density at radius 1 is 1.11 bits per heavy atom. The molecule has 3 amide bonds. The number of benzene rings is 2. The summed E-state index contributed by atoms with van der Waals surface area (Å²) in [5, 5.41) is 5.14. The summed E-state index contributed by atoms with van der Waals surface area (Å²) in [6, 6.07) is 10.4. The second-order valence-electron chi connectivity index (χ2n) is 5.80. The predicted octanol–water partition coefficient (Wildman–Crippen LogP) is 4.09. The van der Waals surface area contributed by atoms with Gasteiger partial charge in [-0.05, 0) is 48.4 Å². The second-order valence-corrected chi connectivity index (χ2v) is 5.80. The Hall–Kier alpha value is -3.29. The normalized spacial score (nSPS) is 12.6. The number of amides is 3. The molecule has 0 aromatic heterocycles. The second kappa shape index (κ2) is 8.39. The number of primary amides is 1. The number of nitrogens with two attached hydrogens (primary N) is 1. The van der Waals surface area contributed by atoms with Crippen molar-refractivity contribution in [1.29, 1.82) is 0 Å². The third-order valence-corrected chi connectivity index (χ3v) is 3.68. The summed E-state index contributed by atoms with van der Waals surface area (Å²) in [6.45, 7) is 1.76. The number of anilines is 1. The van der Waals surface area contributed by atoms with Gasteiger partial charge in [-0.15, -0.1) is 0 Å². The van der Waals surface area contributed by atoms with Crippen LogP contribution in [0.3, 0.4) is 0 Å². The number of carbonyl (C=O) groups excluding carboxylic acids is 2. The smallest absolute Gasteiger partial charge is 0.351 e. The molecule has 0 aliphatic heterocycles. The molecule has 1 unspecified atom stereocenters. The quantitative estimate of drug-likeness (QED) is 0.686. The molecular formula is C19H18F3N3O2. The maximum Gasteiger partial charge on any atom is 0.416 e. The first kappa shape index (κ1) is 20.0. The van der Waals surface area contributed by atoms with E-state index in [2.05, 4.69) is 10.6 Å². The fourth-order valence-electron chi connectivity index (χ4n) is 2.33. The van der Waals surface area contributed by atoms with Gasteiger partial charge in [-0.3, -0.25) is 4.79 Å². The van der Waals surface area contributed by atoms with Crippen LogP contribution in [0.5, 0.6) is 0 Å². The van der Waals surface area contributed by atoms with E-state index in [1.54, 1.807) is 31.2 Å². The molecule has 0 spiro atoms. The standard InChI is InChI=1S/C19H18F3N3O2/c1-12(14-6-8-16(9-7-14)25-18(23)27)24-17(26)10-5-13-3-2-4-15(11-13)19(20,21)22/h2-12H,1H3,(H,24,26)(H3,23,25,27)/b10-5+. The van der Waals surface area contributed by atoms with Gasteiger partial charge in [0, 0.05) is 11.8 Å². The van der Waals surface area contributed by atoms with Gasteiger partial charge in [0.25, 0.3) is 0 Å². The summed E-state index contributed by atoms with van der Waals surface area (Å²) < 4.78 is 38.1. The summed E-state index contributed by atoms with van der Waals surface area (Å²) in [4.78, 5) is 22.8. The zero-order valence-corrected chi connectivity index (χ0v) is 14.4. The minimum absolute atomic E-state index is 0.273. The molecule has 2 aromatic rings. The molecule has 0 bridgehead atoms. The summed E-state index contributed by atoms with van der Waals surface area (Å²) in [6.07, 6.45) is -1.94. The Morgan fingerprint density at radius 3 is 2.37 bits per heavy atom. The van der Waals surface area contributed by atoms with Crippen LogP contribution >= 0.6 is 0 Å². The average Bonchev–Trinajstić information content (AvgIpc) is 2.59. The van der Waals surface area contributed by atoms with Crippen LogP contribution in [0.15, 0.2) is 54.6 Å². The van der Waals surface area contributed by atoms with E-state index >= 15 is 0 Å². The number of urea groups is 1. The van der Waals surface area contributed by atoms with Crippen molar-refractivity contribution in [2.45, 2.75) is 19.1 Å². The van der Waals surface area contributed by atoms with E-state index < -0.39 is 23.7 Å². The fourth-order valence-corrected chi connectivity index (χ4v) is 2.33. The van der Waals surface area contributed by atoms with Crippen LogP contribution in [0.25, 0.3) is 6.08 Å². The van der Waals surface area contributed by atoms with Gasteiger partial charge in [-0.25, -0.2) is 4.79 Å². The molecule has 142 valence electrons. The van der Waals surface area contributed by atoms with Crippen molar-refractivity contribution in [3.05, 3.63) is 71.3 Å². The van der Waals surface area contributed by atoms with E-state index in [4.69, 9.17) is 5.73 Å². The molecule has 0 aliphatic carbocycles. The third-order valence-electron chi connectivity index (χ3n) is 3.68. The lowest BCUT2D eigenvalue weighted by molar-refractivity contribution is -0.137. The Bertz CT molecular complexity index is 846. The highest BCUT2D eigenvalue weighted by Crippen LogP contribution is 2.29. The zero-order valence-electron chi connectivity index (χ0n) is 14.4. The predicted molar refractivity (Wildman–Crippen MR) is 96.7 cm³/mol. The monoisotopic (exact) mass is 377 g/mol. The van der Waals surface area contributed by atoms with E-state index in [0.717, 1.165) is 17.7 Å². The first-order valence-corrected chi connectivity index (χ1v) is 7.97. The van der Waals surface area contributed by atoms with E-state index in [9.17, 15) is 22.8 Å². The highest BCUT2D eigenvalue weighted by atomic mass is 19.4. The number of alkyl halides is 3. The van der Waals surface area contributed by atoms with E-state index in [-0.39, 0.29) is 11.6 Å². The lowest BCUT2D eigenvalue weighted by atomic mass is 10.1. The molecule has 27 heavy (non-hydrogen) atoms. The number of carbonyl (C=O) groups is 2. The van der Waals surface area contributed by atoms with Crippen molar-refractivity contribution in [2.24, 2.45) is 5.73 Å². The van der Waals surface area contributed by atoms with Crippen LogP contribution in [0.2, 0.25) is 0 Å². The lowest BCUT2D eigenvalue weighted by Gasteiger charge is -2.13. The van der Waals surface area contributed by atoms with E-state index in [0.29, 0.717) is 5.69 Å². The number of halogens is 3. The summed E-state index contributed by atoms with van der Waals surface area (Å²) in [5.74, 6) is -0.445. The number of rotatable bonds is 5. The van der Waals surface area contributed by atoms with Gasteiger partial charge in [0.15, 0.2) is 0 Å². The van der Waals surface area contributed by atoms with Crippen molar-refractivity contribution in [2.75, 3.05) is 5.32 Å². The minimum Gasteiger partial charge on any atom is -0.351 e. The largest absolute Gasteiger partial charge is 0.416 e. The van der Waals surface area contributed by atoms with E-state index in [1.165, 1.54) is 24.3 Å². The molecule has 0 radical (unpaired) electrons. The SMILES string of the molecule is CC(NC(=O)/C=C/c1cccc(C(F)(F)F)c1)c1ccc(NC(N)=O)cc1. The van der Waals surface area contributed by atoms with Gasteiger partial charge in [-0.1, -0.05) is 24.3 Å². The highest BCUT2D eigenvalue weighted by molar-refractivity contribution is 5.92. The van der Waals surface area contributed by atoms with Gasteiger partial charge in [-0.2, -0.15) is 13.2 Å². The Morgan fingerprint density at radius 2 is 1.78 bits per heavy atom. The molecule has 0 saturated heterocycles. The topological polar surface area (TPSA) is 84.2 Å². The number of nitrogens with one attached hydrogen (secondary N) is 2. The van der Waals surface area contributed by atoms with Crippen molar-refractivity contribution >= 4 is 23.7 Å². The summed E-state index contributed by atoms with van der Waals surface area (Å²) >= 11 is 0. The van der Waals surface area contributed by atoms with Crippen LogP contribution in [0, 0.1) is 0 Å². The average molecular weight is 377 g/mol. The molecule has 0 aliphatic rings. The molecule has 0 saturated carbocycles. The maximum atomic E-state index is 12.7. The van der Waals surface area contributed by atoms with Gasteiger partial charge in [0.05, 0.1) is 11.6 Å². The van der Waals surface area contributed by atoms with Crippen LogP contribution in [-0.4, -0.2) is 11.9 Å². The molecule has 8 heteroatoms. The van der Waals surface area contributed by atoms with Gasteiger partial charge < -0.3 is 16.4 Å². The number of hydrogen-bond acceptors (Lipinski definition) is 2. The minimum atomic E-state index is -4.43. The van der Waals surface area contributed by atoms with Crippen LogP contribution < -0.4 is 16.4 Å². The van der Waals surface area contributed by atoms with Gasteiger partial charge in [0.2, 0.25) is 5.91 Å². The Balaban J connectivity index is 1.98. The van der Waals surface area contributed by atoms with Crippen LogP contribution in [0.1, 0.15) is 29.7 Å². The van der Waals surface area contributed by atoms with Crippen molar-refractivity contribution in [1.82, 2.24) is 5.32 Å². The third kappa shape index (κ3) is 6.18. The maximum absolute atomic E-state index is 12.7. The molecule has 1 atom stereocenters. The summed E-state index contributed by atoms with van der Waals surface area (Å²) in [7, 11) is 0. The molecule has 5 nitrogen and oxygen atoms in total. The molecule has 2 aromatic carbocycles. The Kier molecular flexibility index (Phi) is 6.23. The first-order chi connectivity index (χ1) is 12.6. The van der Waals surface area contributed by atoms with Crippen molar-refractivity contribution in [3.63, 3.8) is 0 Å². The molecule has 4 N–H and O–H groups in total. The molecule has 0 heterocycles. The van der Waals surface area contributed by atoms with Crippen molar-refractivity contribution < 1.29 is 22.8 Å². The van der Waals surface area contributed by atoms with Crippen LogP contribution in [-0.2, 0) is 11.0 Å². The fraction of sp³-hybridized carbons (Fsp3) is 0.158. The Labute approximate surface area is 154 Å². The van der Waals surface area contributed by atoms with Crippen LogP contribution in [0.4, 0.5) is 23.7 Å².